The van der Waals surface area contributed by atoms with Crippen LogP contribution in [0.2, 0.25) is 0 Å². The van der Waals surface area contributed by atoms with E-state index < -0.39 is 5.97 Å². The average molecular weight is 376 g/mol. The molecule has 1 aliphatic rings. The summed E-state index contributed by atoms with van der Waals surface area (Å²) in [6, 6.07) is 6.73. The number of carbonyl (C=O) groups is 3. The Morgan fingerprint density at radius 2 is 1.78 bits per heavy atom. The van der Waals surface area contributed by atoms with Crippen LogP contribution in [-0.4, -0.2) is 55.5 Å². The van der Waals surface area contributed by atoms with Crippen molar-refractivity contribution in [2.75, 3.05) is 32.8 Å². The van der Waals surface area contributed by atoms with Gasteiger partial charge in [0.15, 0.2) is 6.61 Å². The quantitative estimate of drug-likeness (QED) is 0.527. The van der Waals surface area contributed by atoms with Gasteiger partial charge in [-0.05, 0) is 49.9 Å². The van der Waals surface area contributed by atoms with E-state index in [2.05, 4.69) is 12.2 Å². The largest absolute Gasteiger partial charge is 0.494 e. The summed E-state index contributed by atoms with van der Waals surface area (Å²) in [6.07, 6.45) is 5.13. The van der Waals surface area contributed by atoms with Crippen LogP contribution in [0.25, 0.3) is 0 Å². The number of likely N-dealkylation sites (tertiary alicyclic amines) is 1. The smallest absolute Gasteiger partial charge is 0.325 e. The molecule has 27 heavy (non-hydrogen) atoms. The second-order valence-electron chi connectivity index (χ2n) is 6.51. The van der Waals surface area contributed by atoms with Crippen LogP contribution < -0.4 is 10.1 Å². The van der Waals surface area contributed by atoms with Gasteiger partial charge in [0.1, 0.15) is 12.3 Å². The number of rotatable bonds is 9. The summed E-state index contributed by atoms with van der Waals surface area (Å²) in [5, 5.41) is 2.49. The van der Waals surface area contributed by atoms with E-state index in [1.165, 1.54) is 0 Å². The first kappa shape index (κ1) is 20.7. The molecule has 0 spiro atoms. The van der Waals surface area contributed by atoms with Crippen molar-refractivity contribution in [3.05, 3.63) is 29.8 Å². The number of nitrogens with zero attached hydrogens (tertiary/aromatic N) is 1. The van der Waals surface area contributed by atoms with E-state index in [0.29, 0.717) is 31.0 Å². The maximum atomic E-state index is 12.1. The fourth-order valence-electron chi connectivity index (χ4n) is 2.72. The Bertz CT molecular complexity index is 624. The minimum atomic E-state index is -0.631. The molecule has 0 unspecified atom stereocenters. The molecular weight excluding hydrogens is 348 g/mol. The molecule has 1 aromatic carbocycles. The first-order valence-electron chi connectivity index (χ1n) is 9.54. The predicted molar refractivity (Wildman–Crippen MR) is 101 cm³/mol. The van der Waals surface area contributed by atoms with Crippen molar-refractivity contribution in [1.82, 2.24) is 10.2 Å². The third kappa shape index (κ3) is 7.29. The number of benzene rings is 1. The number of hydrogen-bond acceptors (Lipinski definition) is 5. The lowest BCUT2D eigenvalue weighted by atomic mass is 10.1. The van der Waals surface area contributed by atoms with Gasteiger partial charge in [0, 0.05) is 18.7 Å². The number of unbranched alkanes of at least 4 members (excludes halogenated alkanes) is 1. The molecule has 1 saturated heterocycles. The molecule has 7 nitrogen and oxygen atoms in total. The summed E-state index contributed by atoms with van der Waals surface area (Å²) in [5.41, 5.74) is 0.426. The van der Waals surface area contributed by atoms with Gasteiger partial charge in [0.05, 0.1) is 6.61 Å². The van der Waals surface area contributed by atoms with Crippen LogP contribution in [0.15, 0.2) is 24.3 Å². The van der Waals surface area contributed by atoms with Crippen molar-refractivity contribution in [1.29, 1.82) is 0 Å². The lowest BCUT2D eigenvalue weighted by Gasteiger charge is -2.26. The van der Waals surface area contributed by atoms with E-state index in [4.69, 9.17) is 9.47 Å². The molecule has 148 valence electrons. The Morgan fingerprint density at radius 1 is 1.07 bits per heavy atom. The normalized spacial score (nSPS) is 13.7. The van der Waals surface area contributed by atoms with Crippen LogP contribution in [0.3, 0.4) is 0 Å². The third-order valence-corrected chi connectivity index (χ3v) is 4.34. The lowest BCUT2D eigenvalue weighted by Crippen LogP contribution is -2.39. The highest BCUT2D eigenvalue weighted by molar-refractivity contribution is 5.96. The van der Waals surface area contributed by atoms with Gasteiger partial charge in [-0.2, -0.15) is 0 Å². The highest BCUT2D eigenvalue weighted by Gasteiger charge is 2.18. The minimum absolute atomic E-state index is 0.187. The Balaban J connectivity index is 1.68. The molecule has 7 heteroatoms. The average Bonchev–Trinajstić information content (AvgIpc) is 2.71. The van der Waals surface area contributed by atoms with Gasteiger partial charge in [0.25, 0.3) is 11.8 Å². The number of hydrogen-bond donors (Lipinski definition) is 1. The fraction of sp³-hybridized carbons (Fsp3) is 0.550. The first-order chi connectivity index (χ1) is 13.1. The van der Waals surface area contributed by atoms with E-state index >= 15 is 0 Å². The van der Waals surface area contributed by atoms with Crippen LogP contribution in [0.5, 0.6) is 5.75 Å². The van der Waals surface area contributed by atoms with Crippen molar-refractivity contribution >= 4 is 17.8 Å². The highest BCUT2D eigenvalue weighted by atomic mass is 16.5. The Labute approximate surface area is 160 Å². The zero-order chi connectivity index (χ0) is 19.5. The fourth-order valence-corrected chi connectivity index (χ4v) is 2.72. The van der Waals surface area contributed by atoms with Crippen molar-refractivity contribution in [2.45, 2.75) is 39.0 Å². The lowest BCUT2D eigenvalue weighted by molar-refractivity contribution is -0.151. The maximum absolute atomic E-state index is 12.1. The van der Waals surface area contributed by atoms with Gasteiger partial charge in [-0.15, -0.1) is 0 Å². The number of amides is 2. The highest BCUT2D eigenvalue weighted by Crippen LogP contribution is 2.12. The molecule has 0 radical (unpaired) electrons. The molecule has 2 rings (SSSR count). The van der Waals surface area contributed by atoms with E-state index in [-0.39, 0.29) is 25.0 Å². The Hall–Kier alpha value is -2.57. The molecule has 0 aliphatic carbocycles. The molecule has 0 aromatic heterocycles. The van der Waals surface area contributed by atoms with Gasteiger partial charge in [-0.25, -0.2) is 0 Å². The molecule has 1 aliphatic heterocycles. The second-order valence-corrected chi connectivity index (χ2v) is 6.51. The number of esters is 1. The molecule has 1 fully saturated rings. The zero-order valence-electron chi connectivity index (χ0n) is 15.9. The molecule has 1 aromatic rings. The molecule has 0 bridgehead atoms. The van der Waals surface area contributed by atoms with Crippen LogP contribution in [0.4, 0.5) is 0 Å². The molecule has 1 heterocycles. The van der Waals surface area contributed by atoms with E-state index in [0.717, 1.165) is 32.1 Å². The Kier molecular flexibility index (Phi) is 8.61. The molecular formula is C20H28N2O5. The second kappa shape index (κ2) is 11.2. The predicted octanol–water partition coefficient (Wildman–Crippen LogP) is 2.15. The standard InChI is InChI=1S/C20H28N2O5/c1-2-3-13-26-17-9-7-16(8-10-17)20(25)21-14-19(24)27-15-18(23)22-11-5-4-6-12-22/h7-10H,2-6,11-15H2,1H3,(H,21,25). The SMILES string of the molecule is CCCCOc1ccc(C(=O)NCC(=O)OCC(=O)N2CCCCC2)cc1. The number of carbonyl (C=O) groups excluding carboxylic acids is 3. The van der Waals surface area contributed by atoms with Gasteiger partial charge in [0.2, 0.25) is 0 Å². The molecule has 2 amide bonds. The molecule has 0 atom stereocenters. The van der Waals surface area contributed by atoms with Gasteiger partial charge in [-0.3, -0.25) is 14.4 Å². The zero-order valence-corrected chi connectivity index (χ0v) is 15.9. The minimum Gasteiger partial charge on any atom is -0.494 e. The number of piperidine rings is 1. The van der Waals surface area contributed by atoms with Crippen LogP contribution in [0, 0.1) is 0 Å². The first-order valence-corrected chi connectivity index (χ1v) is 9.54. The molecule has 1 N–H and O–H groups in total. The summed E-state index contributed by atoms with van der Waals surface area (Å²) >= 11 is 0. The van der Waals surface area contributed by atoms with Crippen molar-refractivity contribution in [2.24, 2.45) is 0 Å². The van der Waals surface area contributed by atoms with Crippen molar-refractivity contribution < 1.29 is 23.9 Å². The van der Waals surface area contributed by atoms with Crippen LogP contribution in [-0.2, 0) is 14.3 Å². The van der Waals surface area contributed by atoms with Crippen LogP contribution in [0.1, 0.15) is 49.4 Å². The maximum Gasteiger partial charge on any atom is 0.325 e. The topological polar surface area (TPSA) is 84.9 Å². The van der Waals surface area contributed by atoms with Gasteiger partial charge in [-0.1, -0.05) is 13.3 Å². The van der Waals surface area contributed by atoms with Crippen molar-refractivity contribution in [3.8, 4) is 5.75 Å². The summed E-state index contributed by atoms with van der Waals surface area (Å²) in [6.45, 7) is 3.60. The van der Waals surface area contributed by atoms with E-state index in [1.807, 2.05) is 0 Å². The summed E-state index contributed by atoms with van der Waals surface area (Å²) in [4.78, 5) is 37.5. The van der Waals surface area contributed by atoms with E-state index in [1.54, 1.807) is 29.2 Å². The monoisotopic (exact) mass is 376 g/mol. The van der Waals surface area contributed by atoms with Gasteiger partial charge >= 0.3 is 5.97 Å². The van der Waals surface area contributed by atoms with Crippen LogP contribution >= 0.6 is 0 Å². The third-order valence-electron chi connectivity index (χ3n) is 4.34. The Morgan fingerprint density at radius 3 is 2.44 bits per heavy atom. The summed E-state index contributed by atoms with van der Waals surface area (Å²) in [7, 11) is 0. The van der Waals surface area contributed by atoms with Crippen molar-refractivity contribution in [3.63, 3.8) is 0 Å². The number of ether oxygens (including phenoxy) is 2. The summed E-state index contributed by atoms with van der Waals surface area (Å²) < 4.78 is 10.5. The molecule has 0 saturated carbocycles. The number of nitrogens with one attached hydrogen (secondary N) is 1. The van der Waals surface area contributed by atoms with Gasteiger partial charge < -0.3 is 19.7 Å². The summed E-state index contributed by atoms with van der Waals surface area (Å²) in [5.74, 6) is -0.494. The van der Waals surface area contributed by atoms with E-state index in [9.17, 15) is 14.4 Å².